The third-order valence-corrected chi connectivity index (χ3v) is 4.41. The van der Waals surface area contributed by atoms with Crippen molar-refractivity contribution in [3.63, 3.8) is 0 Å². The molecule has 1 heterocycles. The third-order valence-electron chi connectivity index (χ3n) is 4.41. The van der Waals surface area contributed by atoms with E-state index in [0.29, 0.717) is 13.2 Å². The molecule has 20 heavy (non-hydrogen) atoms. The van der Waals surface area contributed by atoms with Crippen LogP contribution in [0.5, 0.6) is 0 Å². The number of ether oxygens (including phenoxy) is 3. The van der Waals surface area contributed by atoms with E-state index in [9.17, 15) is 4.79 Å². The molecule has 0 aromatic rings. The van der Waals surface area contributed by atoms with Crippen molar-refractivity contribution in [1.82, 2.24) is 0 Å². The van der Waals surface area contributed by atoms with Crippen molar-refractivity contribution in [3.8, 4) is 0 Å². The van der Waals surface area contributed by atoms with E-state index in [1.807, 2.05) is 0 Å². The molecule has 0 amide bonds. The first kappa shape index (κ1) is 15.6. The molecule has 2 fully saturated rings. The van der Waals surface area contributed by atoms with E-state index < -0.39 is 11.9 Å². The van der Waals surface area contributed by atoms with Gasteiger partial charge in [-0.25, -0.2) is 4.79 Å². The zero-order valence-corrected chi connectivity index (χ0v) is 12.7. The summed E-state index contributed by atoms with van der Waals surface area (Å²) in [5.74, 6) is 0.102. The molecule has 0 radical (unpaired) electrons. The van der Waals surface area contributed by atoms with Crippen LogP contribution in [0.15, 0.2) is 0 Å². The van der Waals surface area contributed by atoms with Gasteiger partial charge in [0, 0.05) is 6.42 Å². The lowest BCUT2D eigenvalue weighted by Crippen LogP contribution is -2.23. The van der Waals surface area contributed by atoms with Gasteiger partial charge in [0.1, 0.15) is 6.61 Å². The molecule has 1 saturated heterocycles. The van der Waals surface area contributed by atoms with Gasteiger partial charge in [0.2, 0.25) is 5.79 Å². The van der Waals surface area contributed by atoms with Crippen LogP contribution in [0.3, 0.4) is 0 Å². The fourth-order valence-corrected chi connectivity index (χ4v) is 3.06. The van der Waals surface area contributed by atoms with E-state index >= 15 is 0 Å². The van der Waals surface area contributed by atoms with E-state index in [1.165, 1.54) is 51.4 Å². The van der Waals surface area contributed by atoms with Crippen molar-refractivity contribution in [2.45, 2.75) is 76.9 Å². The summed E-state index contributed by atoms with van der Waals surface area (Å²) in [5.41, 5.74) is 0. The molecule has 116 valence electrons. The first-order valence-corrected chi connectivity index (χ1v) is 8.24. The highest BCUT2D eigenvalue weighted by Crippen LogP contribution is 2.37. The first-order valence-electron chi connectivity index (χ1n) is 8.24. The van der Waals surface area contributed by atoms with Crippen LogP contribution in [-0.2, 0) is 14.2 Å². The topological polar surface area (TPSA) is 48.1 Å². The highest BCUT2D eigenvalue weighted by atomic mass is 16.8. The SMILES string of the molecule is CCOC(=O)OC1(CCC2CCCCCCCC2)CO1. The summed E-state index contributed by atoms with van der Waals surface area (Å²) < 4.78 is 15.5. The lowest BCUT2D eigenvalue weighted by molar-refractivity contribution is -0.0400. The molecule has 1 aliphatic heterocycles. The van der Waals surface area contributed by atoms with Gasteiger partial charge >= 0.3 is 6.16 Å². The molecule has 2 rings (SSSR count). The van der Waals surface area contributed by atoms with E-state index in [-0.39, 0.29) is 0 Å². The number of hydrogen-bond donors (Lipinski definition) is 0. The maximum Gasteiger partial charge on any atom is 0.510 e. The van der Waals surface area contributed by atoms with Gasteiger partial charge in [-0.1, -0.05) is 51.4 Å². The summed E-state index contributed by atoms with van der Waals surface area (Å²) in [7, 11) is 0. The number of hydrogen-bond acceptors (Lipinski definition) is 4. The van der Waals surface area contributed by atoms with Gasteiger partial charge < -0.3 is 14.2 Å². The molecular formula is C16H28O4. The molecule has 0 bridgehead atoms. The molecule has 0 aromatic carbocycles. The zero-order valence-electron chi connectivity index (χ0n) is 12.7. The van der Waals surface area contributed by atoms with Crippen molar-refractivity contribution in [2.24, 2.45) is 5.92 Å². The monoisotopic (exact) mass is 284 g/mol. The average molecular weight is 284 g/mol. The minimum Gasteiger partial charge on any atom is -0.435 e. The van der Waals surface area contributed by atoms with E-state index in [0.717, 1.165) is 18.8 Å². The van der Waals surface area contributed by atoms with Crippen molar-refractivity contribution in [2.75, 3.05) is 13.2 Å². The smallest absolute Gasteiger partial charge is 0.435 e. The van der Waals surface area contributed by atoms with Crippen LogP contribution < -0.4 is 0 Å². The van der Waals surface area contributed by atoms with E-state index in [1.54, 1.807) is 6.92 Å². The van der Waals surface area contributed by atoms with E-state index in [2.05, 4.69) is 0 Å². The van der Waals surface area contributed by atoms with E-state index in [4.69, 9.17) is 14.2 Å². The summed E-state index contributed by atoms with van der Waals surface area (Å²) in [4.78, 5) is 11.4. The normalized spacial score (nSPS) is 28.1. The predicted molar refractivity (Wildman–Crippen MR) is 76.5 cm³/mol. The Balaban J connectivity index is 1.71. The molecule has 1 aliphatic carbocycles. The molecule has 0 spiro atoms. The Morgan fingerprint density at radius 1 is 1.15 bits per heavy atom. The lowest BCUT2D eigenvalue weighted by atomic mass is 9.91. The van der Waals surface area contributed by atoms with Gasteiger partial charge in [-0.15, -0.1) is 0 Å². The fraction of sp³-hybridized carbons (Fsp3) is 0.938. The molecule has 4 nitrogen and oxygen atoms in total. The molecular weight excluding hydrogens is 256 g/mol. The molecule has 0 aromatic heterocycles. The average Bonchev–Trinajstić information content (AvgIpc) is 3.15. The Hall–Kier alpha value is -0.770. The molecule has 1 unspecified atom stereocenters. The van der Waals surface area contributed by atoms with Crippen LogP contribution in [0, 0.1) is 5.92 Å². The van der Waals surface area contributed by atoms with Crippen LogP contribution in [0.2, 0.25) is 0 Å². The molecule has 0 N–H and O–H groups in total. The number of carbonyl (C=O) groups excluding carboxylic acids is 1. The highest BCUT2D eigenvalue weighted by molar-refractivity contribution is 5.60. The molecule has 1 saturated carbocycles. The molecule has 4 heteroatoms. The fourth-order valence-electron chi connectivity index (χ4n) is 3.06. The summed E-state index contributed by atoms with van der Waals surface area (Å²) in [6.45, 7) is 2.65. The van der Waals surface area contributed by atoms with Gasteiger partial charge in [0.15, 0.2) is 0 Å². The Morgan fingerprint density at radius 2 is 1.75 bits per heavy atom. The van der Waals surface area contributed by atoms with Crippen LogP contribution in [0.1, 0.15) is 71.1 Å². The van der Waals surface area contributed by atoms with Gasteiger partial charge in [-0.3, -0.25) is 0 Å². The summed E-state index contributed by atoms with van der Waals surface area (Å²) in [6.07, 6.45) is 12.2. The van der Waals surface area contributed by atoms with Crippen molar-refractivity contribution in [1.29, 1.82) is 0 Å². The maximum atomic E-state index is 11.4. The molecule has 2 aliphatic rings. The predicted octanol–water partition coefficient (Wildman–Crippen LogP) is 4.42. The third kappa shape index (κ3) is 5.31. The van der Waals surface area contributed by atoms with Crippen molar-refractivity contribution in [3.05, 3.63) is 0 Å². The second-order valence-electron chi connectivity index (χ2n) is 6.09. The minimum absolute atomic E-state index is 0.345. The second-order valence-corrected chi connectivity index (χ2v) is 6.09. The standard InChI is InChI=1S/C16H28O4/c1-2-18-15(17)20-16(13-19-16)12-11-14-9-7-5-3-4-6-8-10-14/h14H,2-13H2,1H3. The Kier molecular flexibility index (Phi) is 6.14. The number of epoxide rings is 1. The Labute approximate surface area is 122 Å². The number of carbonyl (C=O) groups is 1. The van der Waals surface area contributed by atoms with Crippen LogP contribution in [-0.4, -0.2) is 25.2 Å². The quantitative estimate of drug-likeness (QED) is 0.554. The summed E-state index contributed by atoms with van der Waals surface area (Å²) >= 11 is 0. The van der Waals surface area contributed by atoms with Crippen LogP contribution in [0.4, 0.5) is 4.79 Å². The second kappa shape index (κ2) is 7.87. The van der Waals surface area contributed by atoms with Crippen molar-refractivity contribution >= 4 is 6.16 Å². The summed E-state index contributed by atoms with van der Waals surface area (Å²) in [6, 6.07) is 0. The highest BCUT2D eigenvalue weighted by Gasteiger charge is 2.49. The van der Waals surface area contributed by atoms with Gasteiger partial charge in [-0.05, 0) is 19.3 Å². The maximum absolute atomic E-state index is 11.4. The van der Waals surface area contributed by atoms with Gasteiger partial charge in [-0.2, -0.15) is 0 Å². The van der Waals surface area contributed by atoms with Gasteiger partial charge in [0.05, 0.1) is 6.61 Å². The number of rotatable bonds is 5. The van der Waals surface area contributed by atoms with Gasteiger partial charge in [0.25, 0.3) is 0 Å². The molecule has 1 atom stereocenters. The first-order chi connectivity index (χ1) is 9.74. The summed E-state index contributed by atoms with van der Waals surface area (Å²) in [5, 5.41) is 0. The Bertz CT molecular complexity index is 289. The Morgan fingerprint density at radius 3 is 2.30 bits per heavy atom. The lowest BCUT2D eigenvalue weighted by Gasteiger charge is -2.18. The minimum atomic E-state index is -0.662. The van der Waals surface area contributed by atoms with Crippen molar-refractivity contribution < 1.29 is 19.0 Å². The van der Waals surface area contributed by atoms with Crippen LogP contribution >= 0.6 is 0 Å². The van der Waals surface area contributed by atoms with Crippen LogP contribution in [0.25, 0.3) is 0 Å². The zero-order chi connectivity index (χ0) is 14.3. The largest absolute Gasteiger partial charge is 0.510 e.